The second-order valence-electron chi connectivity index (χ2n) is 8.52. The zero-order valence-corrected chi connectivity index (χ0v) is 18.2. The molecule has 1 unspecified atom stereocenters. The maximum absolute atomic E-state index is 13.0. The summed E-state index contributed by atoms with van der Waals surface area (Å²) in [7, 11) is -3.48. The van der Waals surface area contributed by atoms with E-state index in [2.05, 4.69) is 36.3 Å². The molecule has 2 aliphatic heterocycles. The van der Waals surface area contributed by atoms with Gasteiger partial charge in [-0.05, 0) is 57.4 Å². The van der Waals surface area contributed by atoms with Crippen LogP contribution in [0.5, 0.6) is 0 Å². The average molecular weight is 418 g/mol. The van der Waals surface area contributed by atoms with E-state index in [0.717, 1.165) is 38.7 Å². The third kappa shape index (κ3) is 4.42. The van der Waals surface area contributed by atoms with E-state index in [1.807, 2.05) is 6.92 Å². The number of rotatable bonds is 5. The standard InChI is InChI=1S/C22H31N3O3S/c1-3-24-17-21(16-23-24)29(26,27)25-11-9-22(10-12-25)15-20(8-13-28-22)14-19-6-4-18(2)5-7-19/h4-7,16-17,20H,3,8-15H2,1-2H3. The van der Waals surface area contributed by atoms with E-state index in [-0.39, 0.29) is 10.5 Å². The first-order chi connectivity index (χ1) is 13.9. The van der Waals surface area contributed by atoms with E-state index in [4.69, 9.17) is 4.74 Å². The molecule has 1 atom stereocenters. The van der Waals surface area contributed by atoms with Gasteiger partial charge < -0.3 is 4.74 Å². The minimum absolute atomic E-state index is 0.173. The lowest BCUT2D eigenvalue weighted by Gasteiger charge is -2.45. The molecule has 0 aliphatic carbocycles. The van der Waals surface area contributed by atoms with Crippen LogP contribution in [0, 0.1) is 12.8 Å². The quantitative estimate of drug-likeness (QED) is 0.748. The minimum atomic E-state index is -3.48. The van der Waals surface area contributed by atoms with Crippen molar-refractivity contribution in [1.82, 2.24) is 14.1 Å². The lowest BCUT2D eigenvalue weighted by Crippen LogP contribution is -2.50. The normalized spacial score (nSPS) is 22.8. The molecule has 0 amide bonds. The van der Waals surface area contributed by atoms with Crippen molar-refractivity contribution in [3.05, 3.63) is 47.8 Å². The molecule has 1 spiro atoms. The molecule has 2 aromatic rings. The average Bonchev–Trinajstić information content (AvgIpc) is 3.21. The fourth-order valence-corrected chi connectivity index (χ4v) is 6.04. The molecule has 0 bridgehead atoms. The van der Waals surface area contributed by atoms with Crippen molar-refractivity contribution in [2.45, 2.75) is 63.0 Å². The van der Waals surface area contributed by atoms with Gasteiger partial charge in [-0.2, -0.15) is 9.40 Å². The number of nitrogens with zero attached hydrogens (tertiary/aromatic N) is 3. The Kier molecular flexibility index (Phi) is 5.82. The van der Waals surface area contributed by atoms with Crippen LogP contribution in [0.4, 0.5) is 0 Å². The highest BCUT2D eigenvalue weighted by Gasteiger charge is 2.42. The van der Waals surface area contributed by atoms with Crippen molar-refractivity contribution in [3.8, 4) is 0 Å². The molecule has 1 aromatic heterocycles. The lowest BCUT2D eigenvalue weighted by molar-refractivity contribution is -0.120. The zero-order chi connectivity index (χ0) is 20.5. The van der Waals surface area contributed by atoms with E-state index < -0.39 is 10.0 Å². The van der Waals surface area contributed by atoms with Crippen LogP contribution in [0.15, 0.2) is 41.6 Å². The first-order valence-electron chi connectivity index (χ1n) is 10.6. The summed E-state index contributed by atoms with van der Waals surface area (Å²) in [6, 6.07) is 8.80. The van der Waals surface area contributed by atoms with Crippen LogP contribution in [-0.4, -0.2) is 47.8 Å². The summed E-state index contributed by atoms with van der Waals surface area (Å²) >= 11 is 0. The molecule has 3 heterocycles. The van der Waals surface area contributed by atoms with Crippen LogP contribution in [0.1, 0.15) is 43.7 Å². The molecule has 0 N–H and O–H groups in total. The van der Waals surface area contributed by atoms with Crippen LogP contribution >= 0.6 is 0 Å². The van der Waals surface area contributed by atoms with Gasteiger partial charge in [0.25, 0.3) is 0 Å². The molecule has 2 fully saturated rings. The number of ether oxygens (including phenoxy) is 1. The maximum Gasteiger partial charge on any atom is 0.246 e. The van der Waals surface area contributed by atoms with Crippen LogP contribution < -0.4 is 0 Å². The lowest BCUT2D eigenvalue weighted by atomic mass is 9.78. The Labute approximate surface area is 173 Å². The van der Waals surface area contributed by atoms with Gasteiger partial charge in [0.1, 0.15) is 4.90 Å². The van der Waals surface area contributed by atoms with Crippen molar-refractivity contribution in [3.63, 3.8) is 0 Å². The Morgan fingerprint density at radius 2 is 1.93 bits per heavy atom. The molecular formula is C22H31N3O3S. The Hall–Kier alpha value is -1.70. The van der Waals surface area contributed by atoms with Crippen LogP contribution in [-0.2, 0) is 27.7 Å². The van der Waals surface area contributed by atoms with Crippen molar-refractivity contribution in [1.29, 1.82) is 0 Å². The SMILES string of the molecule is CCn1cc(S(=O)(=O)N2CCC3(CC2)CC(Cc2ccc(C)cc2)CCO3)cn1. The van der Waals surface area contributed by atoms with Gasteiger partial charge in [-0.3, -0.25) is 4.68 Å². The fourth-order valence-electron chi connectivity index (χ4n) is 4.64. The Morgan fingerprint density at radius 1 is 1.21 bits per heavy atom. The second kappa shape index (κ2) is 8.20. The molecule has 6 nitrogen and oxygen atoms in total. The van der Waals surface area contributed by atoms with Crippen molar-refractivity contribution in [2.75, 3.05) is 19.7 Å². The molecular weight excluding hydrogens is 386 g/mol. The molecule has 4 rings (SSSR count). The molecule has 0 saturated carbocycles. The third-order valence-electron chi connectivity index (χ3n) is 6.44. The van der Waals surface area contributed by atoms with Gasteiger partial charge >= 0.3 is 0 Å². The molecule has 158 valence electrons. The molecule has 0 radical (unpaired) electrons. The summed E-state index contributed by atoms with van der Waals surface area (Å²) in [5.41, 5.74) is 2.49. The van der Waals surface area contributed by atoms with Gasteiger partial charge in [-0.25, -0.2) is 8.42 Å². The summed E-state index contributed by atoms with van der Waals surface area (Å²) in [6.07, 6.45) is 7.77. The number of hydrogen-bond donors (Lipinski definition) is 0. The van der Waals surface area contributed by atoms with E-state index >= 15 is 0 Å². The van der Waals surface area contributed by atoms with Gasteiger partial charge in [0.05, 0.1) is 11.8 Å². The number of benzene rings is 1. The van der Waals surface area contributed by atoms with E-state index in [1.165, 1.54) is 17.3 Å². The molecule has 1 aromatic carbocycles. The summed E-state index contributed by atoms with van der Waals surface area (Å²) in [5.74, 6) is 0.595. The molecule has 2 aliphatic rings. The topological polar surface area (TPSA) is 64.4 Å². The Morgan fingerprint density at radius 3 is 2.59 bits per heavy atom. The van der Waals surface area contributed by atoms with Crippen molar-refractivity contribution in [2.24, 2.45) is 5.92 Å². The summed E-state index contributed by atoms with van der Waals surface area (Å²) in [6.45, 7) is 6.51. The van der Waals surface area contributed by atoms with E-state index in [1.54, 1.807) is 15.2 Å². The Balaban J connectivity index is 1.39. The predicted octanol–water partition coefficient (Wildman–Crippen LogP) is 3.40. The maximum atomic E-state index is 13.0. The second-order valence-corrected chi connectivity index (χ2v) is 10.5. The minimum Gasteiger partial charge on any atom is -0.375 e. The number of hydrogen-bond acceptors (Lipinski definition) is 4. The van der Waals surface area contributed by atoms with Crippen LogP contribution in [0.25, 0.3) is 0 Å². The highest BCUT2D eigenvalue weighted by atomic mass is 32.2. The zero-order valence-electron chi connectivity index (χ0n) is 17.4. The van der Waals surface area contributed by atoms with Gasteiger partial charge in [0, 0.05) is 32.4 Å². The number of aromatic nitrogens is 2. The monoisotopic (exact) mass is 417 g/mol. The van der Waals surface area contributed by atoms with Crippen molar-refractivity contribution < 1.29 is 13.2 Å². The highest BCUT2D eigenvalue weighted by Crippen LogP contribution is 2.39. The largest absolute Gasteiger partial charge is 0.375 e. The van der Waals surface area contributed by atoms with E-state index in [9.17, 15) is 8.42 Å². The van der Waals surface area contributed by atoms with Gasteiger partial charge in [0.2, 0.25) is 10.0 Å². The van der Waals surface area contributed by atoms with Crippen LogP contribution in [0.2, 0.25) is 0 Å². The Bertz CT molecular complexity index is 928. The fraction of sp³-hybridized carbons (Fsp3) is 0.591. The number of sulfonamides is 1. The molecule has 7 heteroatoms. The number of piperidine rings is 1. The first-order valence-corrected chi connectivity index (χ1v) is 12.1. The third-order valence-corrected chi connectivity index (χ3v) is 8.30. The molecule has 2 saturated heterocycles. The highest BCUT2D eigenvalue weighted by molar-refractivity contribution is 7.89. The first kappa shape index (κ1) is 20.6. The summed E-state index contributed by atoms with van der Waals surface area (Å²) in [5, 5.41) is 4.12. The van der Waals surface area contributed by atoms with Crippen molar-refractivity contribution >= 4 is 10.0 Å². The number of aryl methyl sites for hydroxylation is 2. The van der Waals surface area contributed by atoms with Gasteiger partial charge in [0.15, 0.2) is 0 Å². The summed E-state index contributed by atoms with van der Waals surface area (Å²) in [4.78, 5) is 0.289. The van der Waals surface area contributed by atoms with Gasteiger partial charge in [-0.15, -0.1) is 0 Å². The predicted molar refractivity (Wildman–Crippen MR) is 112 cm³/mol. The van der Waals surface area contributed by atoms with Gasteiger partial charge in [-0.1, -0.05) is 29.8 Å². The summed E-state index contributed by atoms with van der Waals surface area (Å²) < 4.78 is 35.4. The van der Waals surface area contributed by atoms with Crippen LogP contribution in [0.3, 0.4) is 0 Å². The van der Waals surface area contributed by atoms with E-state index in [0.29, 0.717) is 25.6 Å². The molecule has 29 heavy (non-hydrogen) atoms. The smallest absolute Gasteiger partial charge is 0.246 e.